The first-order chi connectivity index (χ1) is 8.32. The fourth-order valence-corrected chi connectivity index (χ4v) is 3.86. The second-order valence-electron chi connectivity index (χ2n) is 4.94. The van der Waals surface area contributed by atoms with Gasteiger partial charge >= 0.3 is 0 Å². The normalized spacial score (nSPS) is 23.3. The Bertz CT molecular complexity index is 559. The minimum absolute atomic E-state index is 0.174. The molecule has 0 saturated heterocycles. The van der Waals surface area contributed by atoms with Crippen LogP contribution in [0.1, 0.15) is 13.3 Å². The first-order valence-electron chi connectivity index (χ1n) is 5.83. The lowest BCUT2D eigenvalue weighted by Crippen LogP contribution is -2.29. The molecule has 1 fully saturated rings. The van der Waals surface area contributed by atoms with Crippen molar-refractivity contribution < 1.29 is 8.42 Å². The van der Waals surface area contributed by atoms with Gasteiger partial charge < -0.3 is 5.73 Å². The third-order valence-electron chi connectivity index (χ3n) is 3.43. The van der Waals surface area contributed by atoms with Gasteiger partial charge in [-0.3, -0.25) is 0 Å². The number of hydrogen-bond donors (Lipinski definition) is 1. The van der Waals surface area contributed by atoms with E-state index in [1.54, 1.807) is 25.2 Å². The second kappa shape index (κ2) is 4.83. The first kappa shape index (κ1) is 13.8. The first-order valence-corrected chi connectivity index (χ1v) is 8.07. The largest absolute Gasteiger partial charge is 0.398 e. The van der Waals surface area contributed by atoms with E-state index in [0.29, 0.717) is 22.9 Å². The van der Waals surface area contributed by atoms with Crippen molar-refractivity contribution in [3.63, 3.8) is 0 Å². The average molecular weight is 333 g/mol. The highest BCUT2D eigenvalue weighted by molar-refractivity contribution is 9.10. The maximum absolute atomic E-state index is 12.4. The Labute approximate surface area is 116 Å². The number of nitrogens with two attached hydrogens (primary N) is 1. The molecule has 0 bridgehead atoms. The SMILES string of the molecule is CC1CC1CN(C)S(=O)(=O)c1cc(Br)ccc1N. The minimum Gasteiger partial charge on any atom is -0.398 e. The van der Waals surface area contributed by atoms with E-state index in [1.165, 1.54) is 4.31 Å². The highest BCUT2D eigenvalue weighted by atomic mass is 79.9. The molecule has 0 amide bonds. The van der Waals surface area contributed by atoms with Gasteiger partial charge in [-0.25, -0.2) is 12.7 Å². The van der Waals surface area contributed by atoms with E-state index in [9.17, 15) is 8.42 Å². The molecule has 18 heavy (non-hydrogen) atoms. The molecule has 0 spiro atoms. The third kappa shape index (κ3) is 2.70. The summed E-state index contributed by atoms with van der Waals surface area (Å²) in [4.78, 5) is 0.174. The minimum atomic E-state index is -3.49. The molecule has 1 aliphatic rings. The van der Waals surface area contributed by atoms with E-state index < -0.39 is 10.0 Å². The van der Waals surface area contributed by atoms with Gasteiger partial charge in [0.2, 0.25) is 10.0 Å². The van der Waals surface area contributed by atoms with Crippen molar-refractivity contribution in [2.75, 3.05) is 19.3 Å². The summed E-state index contributed by atoms with van der Waals surface area (Å²) < 4.78 is 26.9. The molecule has 6 heteroatoms. The van der Waals surface area contributed by atoms with Crippen molar-refractivity contribution in [1.82, 2.24) is 4.31 Å². The van der Waals surface area contributed by atoms with Crippen LogP contribution in [-0.2, 0) is 10.0 Å². The summed E-state index contributed by atoms with van der Waals surface area (Å²) in [6.07, 6.45) is 1.10. The molecule has 0 radical (unpaired) electrons. The predicted octanol–water partition coefficient (Wildman–Crippen LogP) is 2.31. The van der Waals surface area contributed by atoms with Crippen LogP contribution in [0.4, 0.5) is 5.69 Å². The number of rotatable bonds is 4. The van der Waals surface area contributed by atoms with Gasteiger partial charge in [-0.1, -0.05) is 22.9 Å². The molecule has 4 nitrogen and oxygen atoms in total. The number of hydrogen-bond acceptors (Lipinski definition) is 3. The van der Waals surface area contributed by atoms with Crippen LogP contribution in [0.15, 0.2) is 27.6 Å². The molecule has 0 aliphatic heterocycles. The molecule has 100 valence electrons. The molecule has 0 aromatic heterocycles. The van der Waals surface area contributed by atoms with Crippen LogP contribution in [-0.4, -0.2) is 26.3 Å². The van der Waals surface area contributed by atoms with Crippen molar-refractivity contribution in [3.05, 3.63) is 22.7 Å². The Morgan fingerprint density at radius 2 is 2.11 bits per heavy atom. The number of nitrogen functional groups attached to an aromatic ring is 1. The number of anilines is 1. The van der Waals surface area contributed by atoms with Crippen LogP contribution in [0.3, 0.4) is 0 Å². The smallest absolute Gasteiger partial charge is 0.244 e. The Morgan fingerprint density at radius 3 is 2.67 bits per heavy atom. The Hall–Kier alpha value is -0.590. The van der Waals surface area contributed by atoms with Crippen LogP contribution >= 0.6 is 15.9 Å². The molecule has 2 rings (SSSR count). The highest BCUT2D eigenvalue weighted by Crippen LogP contribution is 2.39. The number of nitrogens with zero attached hydrogens (tertiary/aromatic N) is 1. The lowest BCUT2D eigenvalue weighted by molar-refractivity contribution is 0.445. The van der Waals surface area contributed by atoms with Gasteiger partial charge in [-0.2, -0.15) is 0 Å². The van der Waals surface area contributed by atoms with E-state index >= 15 is 0 Å². The van der Waals surface area contributed by atoms with E-state index in [1.807, 2.05) is 0 Å². The van der Waals surface area contributed by atoms with Crippen molar-refractivity contribution in [2.45, 2.75) is 18.2 Å². The quantitative estimate of drug-likeness (QED) is 0.860. The van der Waals surface area contributed by atoms with Crippen LogP contribution in [0, 0.1) is 11.8 Å². The zero-order valence-electron chi connectivity index (χ0n) is 10.4. The molecule has 2 atom stereocenters. The van der Waals surface area contributed by atoms with Gasteiger partial charge in [0.1, 0.15) is 4.90 Å². The van der Waals surface area contributed by atoms with Crippen LogP contribution in [0.2, 0.25) is 0 Å². The van der Waals surface area contributed by atoms with Crippen LogP contribution in [0.5, 0.6) is 0 Å². The maximum atomic E-state index is 12.4. The molecular weight excluding hydrogens is 316 g/mol. The van der Waals surface area contributed by atoms with E-state index in [-0.39, 0.29) is 10.6 Å². The van der Waals surface area contributed by atoms with Gasteiger partial charge in [0.15, 0.2) is 0 Å². The summed E-state index contributed by atoms with van der Waals surface area (Å²) in [5, 5.41) is 0. The predicted molar refractivity (Wildman–Crippen MR) is 75.6 cm³/mol. The zero-order valence-corrected chi connectivity index (χ0v) is 12.8. The standard InChI is InChI=1S/C12H17BrN2O2S/c1-8-5-9(8)7-15(2)18(16,17)12-6-10(13)3-4-11(12)14/h3-4,6,8-9H,5,7,14H2,1-2H3. The molecule has 2 unspecified atom stereocenters. The molecule has 1 aliphatic carbocycles. The summed E-state index contributed by atoms with van der Waals surface area (Å²) in [5.74, 6) is 1.11. The van der Waals surface area contributed by atoms with Gasteiger partial charge in [0.25, 0.3) is 0 Å². The van der Waals surface area contributed by atoms with Gasteiger partial charge in [-0.15, -0.1) is 0 Å². The van der Waals surface area contributed by atoms with Crippen molar-refractivity contribution >= 4 is 31.6 Å². The van der Waals surface area contributed by atoms with Crippen molar-refractivity contribution in [3.8, 4) is 0 Å². The van der Waals surface area contributed by atoms with Gasteiger partial charge in [-0.05, 0) is 36.5 Å². The van der Waals surface area contributed by atoms with E-state index in [2.05, 4.69) is 22.9 Å². The van der Waals surface area contributed by atoms with Gasteiger partial charge in [0, 0.05) is 18.1 Å². The van der Waals surface area contributed by atoms with Crippen LogP contribution in [0.25, 0.3) is 0 Å². The number of benzene rings is 1. The lowest BCUT2D eigenvalue weighted by atomic mass is 10.3. The molecule has 0 heterocycles. The molecule has 1 aromatic carbocycles. The third-order valence-corrected chi connectivity index (χ3v) is 5.80. The molecule has 2 N–H and O–H groups in total. The topological polar surface area (TPSA) is 63.4 Å². The number of sulfonamides is 1. The lowest BCUT2D eigenvalue weighted by Gasteiger charge is -2.18. The summed E-state index contributed by atoms with van der Waals surface area (Å²) in [6.45, 7) is 2.70. The van der Waals surface area contributed by atoms with E-state index in [4.69, 9.17) is 5.73 Å². The molecule has 1 aromatic rings. The van der Waals surface area contributed by atoms with Crippen molar-refractivity contribution in [1.29, 1.82) is 0 Å². The molecule has 1 saturated carbocycles. The monoisotopic (exact) mass is 332 g/mol. The molecular formula is C12H17BrN2O2S. The summed E-state index contributed by atoms with van der Waals surface area (Å²) in [7, 11) is -1.88. The van der Waals surface area contributed by atoms with Gasteiger partial charge in [0.05, 0.1) is 5.69 Å². The zero-order chi connectivity index (χ0) is 13.5. The Morgan fingerprint density at radius 1 is 1.50 bits per heavy atom. The Balaban J connectivity index is 2.26. The van der Waals surface area contributed by atoms with Crippen molar-refractivity contribution in [2.24, 2.45) is 11.8 Å². The fraction of sp³-hybridized carbons (Fsp3) is 0.500. The average Bonchev–Trinajstić information content (AvgIpc) is 2.97. The highest BCUT2D eigenvalue weighted by Gasteiger charge is 2.36. The fourth-order valence-electron chi connectivity index (χ4n) is 1.98. The van der Waals surface area contributed by atoms with Crippen LogP contribution < -0.4 is 5.73 Å². The second-order valence-corrected chi connectivity index (χ2v) is 7.87. The maximum Gasteiger partial charge on any atom is 0.244 e. The Kier molecular flexibility index (Phi) is 3.71. The summed E-state index contributed by atoms with van der Waals surface area (Å²) >= 11 is 3.27. The number of halogens is 1. The summed E-state index contributed by atoms with van der Waals surface area (Å²) in [5.41, 5.74) is 6.05. The summed E-state index contributed by atoms with van der Waals surface area (Å²) in [6, 6.07) is 4.89. The van der Waals surface area contributed by atoms with E-state index in [0.717, 1.165) is 6.42 Å².